The van der Waals surface area contributed by atoms with Gasteiger partial charge < -0.3 is 9.67 Å². The third-order valence-corrected chi connectivity index (χ3v) is 2.39. The fourth-order valence-electron chi connectivity index (χ4n) is 1.65. The Bertz CT molecular complexity index is 517. The lowest BCUT2D eigenvalue weighted by atomic mass is 10.1. The van der Waals surface area contributed by atoms with E-state index in [1.807, 2.05) is 42.1 Å². The maximum atomic E-state index is 10.6. The first-order valence-corrected chi connectivity index (χ1v) is 4.95. The van der Waals surface area contributed by atoms with Crippen LogP contribution in [0.4, 0.5) is 0 Å². The van der Waals surface area contributed by atoms with Gasteiger partial charge in [-0.3, -0.25) is 9.78 Å². The van der Waals surface area contributed by atoms with E-state index in [9.17, 15) is 4.79 Å². The smallest absolute Gasteiger partial charge is 0.309 e. The lowest BCUT2D eigenvalue weighted by molar-refractivity contribution is -0.136. The molecule has 4 nitrogen and oxygen atoms in total. The van der Waals surface area contributed by atoms with Crippen LogP contribution in [0, 0.1) is 0 Å². The standard InChI is InChI=1S/C12H12N2O2/c1-14-6-2-3-11(14)9-4-5-13-10(7-9)8-12(15)16/h2-7H,8H2,1H3,(H,15,16). The first kappa shape index (κ1) is 10.4. The fraction of sp³-hybridized carbons (Fsp3) is 0.167. The Morgan fingerprint density at radius 2 is 2.31 bits per heavy atom. The SMILES string of the molecule is Cn1cccc1-c1ccnc(CC(=O)O)c1. The van der Waals surface area contributed by atoms with Gasteiger partial charge in [0.1, 0.15) is 0 Å². The van der Waals surface area contributed by atoms with Gasteiger partial charge in [0.2, 0.25) is 0 Å². The molecule has 2 aromatic rings. The summed E-state index contributed by atoms with van der Waals surface area (Å²) in [4.78, 5) is 14.6. The third kappa shape index (κ3) is 2.11. The van der Waals surface area contributed by atoms with Crippen LogP contribution in [-0.4, -0.2) is 20.6 Å². The molecule has 0 radical (unpaired) electrons. The highest BCUT2D eigenvalue weighted by molar-refractivity contribution is 5.70. The second-order valence-corrected chi connectivity index (χ2v) is 3.61. The van der Waals surface area contributed by atoms with Crippen molar-refractivity contribution in [1.29, 1.82) is 0 Å². The minimum Gasteiger partial charge on any atom is -0.481 e. The molecule has 0 amide bonds. The van der Waals surface area contributed by atoms with E-state index >= 15 is 0 Å². The molecular weight excluding hydrogens is 204 g/mol. The van der Waals surface area contributed by atoms with Gasteiger partial charge in [-0.2, -0.15) is 0 Å². The van der Waals surface area contributed by atoms with Gasteiger partial charge in [0.25, 0.3) is 0 Å². The second-order valence-electron chi connectivity index (χ2n) is 3.61. The lowest BCUT2D eigenvalue weighted by Gasteiger charge is -2.04. The zero-order chi connectivity index (χ0) is 11.5. The summed E-state index contributed by atoms with van der Waals surface area (Å²) in [5.74, 6) is -0.864. The third-order valence-electron chi connectivity index (χ3n) is 2.39. The molecule has 16 heavy (non-hydrogen) atoms. The number of carbonyl (C=O) groups is 1. The zero-order valence-electron chi connectivity index (χ0n) is 8.92. The van der Waals surface area contributed by atoms with Crippen LogP contribution < -0.4 is 0 Å². The molecule has 2 aromatic heterocycles. The van der Waals surface area contributed by atoms with Crippen molar-refractivity contribution >= 4 is 5.97 Å². The number of carboxylic acid groups (broad SMARTS) is 1. The monoisotopic (exact) mass is 216 g/mol. The van der Waals surface area contributed by atoms with E-state index < -0.39 is 5.97 Å². The van der Waals surface area contributed by atoms with Crippen molar-refractivity contribution in [2.45, 2.75) is 6.42 Å². The van der Waals surface area contributed by atoms with Crippen LogP contribution in [0.1, 0.15) is 5.69 Å². The molecule has 0 aromatic carbocycles. The Morgan fingerprint density at radius 1 is 1.50 bits per heavy atom. The average molecular weight is 216 g/mol. The quantitative estimate of drug-likeness (QED) is 0.849. The molecule has 82 valence electrons. The Kier molecular flexibility index (Phi) is 2.72. The van der Waals surface area contributed by atoms with Crippen LogP contribution in [0.2, 0.25) is 0 Å². The number of nitrogens with zero attached hydrogens (tertiary/aromatic N) is 2. The molecule has 0 saturated carbocycles. The van der Waals surface area contributed by atoms with Crippen molar-refractivity contribution in [3.8, 4) is 11.3 Å². The lowest BCUT2D eigenvalue weighted by Crippen LogP contribution is -2.02. The predicted octanol–water partition coefficient (Wildman–Crippen LogP) is 1.71. The van der Waals surface area contributed by atoms with Crippen molar-refractivity contribution in [2.75, 3.05) is 0 Å². The van der Waals surface area contributed by atoms with Crippen LogP contribution in [0.5, 0.6) is 0 Å². The van der Waals surface area contributed by atoms with Gasteiger partial charge in [0.05, 0.1) is 12.1 Å². The van der Waals surface area contributed by atoms with E-state index in [4.69, 9.17) is 5.11 Å². The van der Waals surface area contributed by atoms with Crippen molar-refractivity contribution in [3.63, 3.8) is 0 Å². The molecule has 0 aliphatic rings. The highest BCUT2D eigenvalue weighted by atomic mass is 16.4. The largest absolute Gasteiger partial charge is 0.481 e. The first-order chi connectivity index (χ1) is 7.66. The Labute approximate surface area is 93.2 Å². The van der Waals surface area contributed by atoms with Crippen LogP contribution in [0.25, 0.3) is 11.3 Å². The van der Waals surface area contributed by atoms with Crippen LogP contribution in [0.3, 0.4) is 0 Å². The Hall–Kier alpha value is -2.10. The van der Waals surface area contributed by atoms with Crippen LogP contribution in [-0.2, 0) is 18.3 Å². The maximum absolute atomic E-state index is 10.6. The molecule has 1 N–H and O–H groups in total. The molecule has 0 bridgehead atoms. The highest BCUT2D eigenvalue weighted by Crippen LogP contribution is 2.19. The molecule has 0 aliphatic carbocycles. The van der Waals surface area contributed by atoms with Crippen molar-refractivity contribution < 1.29 is 9.90 Å². The number of hydrogen-bond acceptors (Lipinski definition) is 2. The average Bonchev–Trinajstić information content (AvgIpc) is 2.64. The summed E-state index contributed by atoms with van der Waals surface area (Å²) in [7, 11) is 1.95. The maximum Gasteiger partial charge on any atom is 0.309 e. The first-order valence-electron chi connectivity index (χ1n) is 4.95. The van der Waals surface area contributed by atoms with E-state index in [0.29, 0.717) is 5.69 Å². The van der Waals surface area contributed by atoms with E-state index in [1.54, 1.807) is 6.20 Å². The molecule has 0 unspecified atom stereocenters. The summed E-state index contributed by atoms with van der Waals surface area (Å²) in [6.07, 6.45) is 3.55. The fourth-order valence-corrected chi connectivity index (χ4v) is 1.65. The molecule has 2 heterocycles. The van der Waals surface area contributed by atoms with Gasteiger partial charge in [-0.05, 0) is 24.3 Å². The van der Waals surface area contributed by atoms with Crippen LogP contribution in [0.15, 0.2) is 36.7 Å². The molecule has 0 saturated heterocycles. The molecule has 2 rings (SSSR count). The summed E-state index contributed by atoms with van der Waals surface area (Å²) in [5.41, 5.74) is 2.61. The van der Waals surface area contributed by atoms with Gasteiger partial charge in [0.15, 0.2) is 0 Å². The summed E-state index contributed by atoms with van der Waals surface area (Å²) in [6, 6.07) is 7.62. The van der Waals surface area contributed by atoms with E-state index in [-0.39, 0.29) is 6.42 Å². The topological polar surface area (TPSA) is 55.1 Å². The van der Waals surface area contributed by atoms with Gasteiger partial charge in [0, 0.05) is 30.7 Å². The molecule has 4 heteroatoms. The number of aryl methyl sites for hydroxylation is 1. The van der Waals surface area contributed by atoms with E-state index in [2.05, 4.69) is 4.98 Å². The molecule has 0 aliphatic heterocycles. The predicted molar refractivity (Wildman–Crippen MR) is 60.0 cm³/mol. The molecule has 0 atom stereocenters. The van der Waals surface area contributed by atoms with Crippen molar-refractivity contribution in [3.05, 3.63) is 42.4 Å². The van der Waals surface area contributed by atoms with E-state index in [0.717, 1.165) is 11.3 Å². The van der Waals surface area contributed by atoms with Crippen molar-refractivity contribution in [2.24, 2.45) is 7.05 Å². The summed E-state index contributed by atoms with van der Waals surface area (Å²) in [6.45, 7) is 0. The number of rotatable bonds is 3. The number of aliphatic carboxylic acids is 1. The number of hydrogen-bond donors (Lipinski definition) is 1. The minimum absolute atomic E-state index is 0.0434. The number of carboxylic acids is 1. The summed E-state index contributed by atoms with van der Waals surface area (Å²) in [5, 5.41) is 8.70. The Balaban J connectivity index is 2.36. The van der Waals surface area contributed by atoms with Gasteiger partial charge in [-0.1, -0.05) is 0 Å². The normalized spacial score (nSPS) is 10.3. The van der Waals surface area contributed by atoms with Gasteiger partial charge in [-0.15, -0.1) is 0 Å². The molecule has 0 spiro atoms. The van der Waals surface area contributed by atoms with Crippen molar-refractivity contribution in [1.82, 2.24) is 9.55 Å². The van der Waals surface area contributed by atoms with Crippen LogP contribution >= 0.6 is 0 Å². The number of pyridine rings is 1. The minimum atomic E-state index is -0.864. The second kappa shape index (κ2) is 4.18. The Morgan fingerprint density at radius 3 is 2.94 bits per heavy atom. The molecular formula is C12H12N2O2. The molecule has 0 fully saturated rings. The zero-order valence-corrected chi connectivity index (χ0v) is 8.92. The summed E-state index contributed by atoms with van der Waals surface area (Å²) >= 11 is 0. The highest BCUT2D eigenvalue weighted by Gasteiger charge is 2.05. The summed E-state index contributed by atoms with van der Waals surface area (Å²) < 4.78 is 1.99. The van der Waals surface area contributed by atoms with Gasteiger partial charge in [-0.25, -0.2) is 0 Å². The van der Waals surface area contributed by atoms with Gasteiger partial charge >= 0.3 is 5.97 Å². The van der Waals surface area contributed by atoms with E-state index in [1.165, 1.54) is 0 Å². The number of aromatic nitrogens is 2.